The molecule has 0 bridgehead atoms. The summed E-state index contributed by atoms with van der Waals surface area (Å²) in [6.07, 6.45) is 0.345. The Balaban J connectivity index is 2.27. The summed E-state index contributed by atoms with van der Waals surface area (Å²) in [6.45, 7) is 4.70. The Morgan fingerprint density at radius 2 is 2.24 bits per heavy atom. The number of sulfonamides is 1. The maximum Gasteiger partial charge on any atom is 0.243 e. The first-order valence-corrected chi connectivity index (χ1v) is 8.38. The third kappa shape index (κ3) is 3.61. The molecule has 1 atom stereocenters. The number of nitrogens with zero attached hydrogens (tertiary/aromatic N) is 1. The minimum atomic E-state index is -3.57. The summed E-state index contributed by atoms with van der Waals surface area (Å²) >= 11 is 0. The molecule has 0 aromatic heterocycles. The maximum absolute atomic E-state index is 12.7. The highest BCUT2D eigenvalue weighted by atomic mass is 32.2. The van der Waals surface area contributed by atoms with Crippen LogP contribution >= 0.6 is 0 Å². The van der Waals surface area contributed by atoms with E-state index in [-0.39, 0.29) is 16.8 Å². The molecule has 0 spiro atoms. The second kappa shape index (κ2) is 6.55. The third-order valence-corrected chi connectivity index (χ3v) is 5.36. The molecule has 1 aromatic rings. The summed E-state index contributed by atoms with van der Waals surface area (Å²) in [5.74, 6) is -0.149. The molecule has 1 unspecified atom stereocenters. The van der Waals surface area contributed by atoms with Crippen molar-refractivity contribution in [2.75, 3.05) is 25.1 Å². The van der Waals surface area contributed by atoms with Crippen LogP contribution in [-0.2, 0) is 19.6 Å². The van der Waals surface area contributed by atoms with Crippen molar-refractivity contribution in [1.29, 1.82) is 0 Å². The number of morpholine rings is 1. The van der Waals surface area contributed by atoms with E-state index >= 15 is 0 Å². The Labute approximate surface area is 125 Å². The van der Waals surface area contributed by atoms with Crippen LogP contribution in [0.3, 0.4) is 0 Å². The summed E-state index contributed by atoms with van der Waals surface area (Å²) in [4.78, 5) is 11.6. The van der Waals surface area contributed by atoms with E-state index in [1.807, 2.05) is 6.92 Å². The highest BCUT2D eigenvalue weighted by Gasteiger charge is 2.31. The van der Waals surface area contributed by atoms with Crippen LogP contribution in [0.25, 0.3) is 0 Å². The molecule has 7 heteroatoms. The van der Waals surface area contributed by atoms with E-state index in [2.05, 4.69) is 5.32 Å². The molecule has 0 saturated carbocycles. The van der Waals surface area contributed by atoms with Gasteiger partial charge in [0.15, 0.2) is 0 Å². The molecule has 1 N–H and O–H groups in total. The van der Waals surface area contributed by atoms with Gasteiger partial charge in [0, 0.05) is 24.7 Å². The van der Waals surface area contributed by atoms with Crippen molar-refractivity contribution in [2.24, 2.45) is 0 Å². The van der Waals surface area contributed by atoms with Gasteiger partial charge in [-0.2, -0.15) is 4.31 Å². The van der Waals surface area contributed by atoms with Gasteiger partial charge in [-0.3, -0.25) is 4.79 Å². The van der Waals surface area contributed by atoms with Crippen LogP contribution in [0.2, 0.25) is 0 Å². The Morgan fingerprint density at radius 1 is 1.48 bits per heavy atom. The van der Waals surface area contributed by atoms with Crippen molar-refractivity contribution in [2.45, 2.75) is 31.2 Å². The van der Waals surface area contributed by atoms with Crippen molar-refractivity contribution >= 4 is 21.6 Å². The number of hydrogen-bond acceptors (Lipinski definition) is 4. The standard InChI is InChI=1S/C14H20N2O4S/c1-3-14(17)15-12-5-4-6-13(9-12)21(18,19)16-7-8-20-10-11(16)2/h4-6,9,11H,3,7-8,10H2,1-2H3,(H,15,17). The van der Waals surface area contributed by atoms with E-state index < -0.39 is 10.0 Å². The fraction of sp³-hybridized carbons (Fsp3) is 0.500. The van der Waals surface area contributed by atoms with Gasteiger partial charge in [0.2, 0.25) is 15.9 Å². The quantitative estimate of drug-likeness (QED) is 0.913. The first-order chi connectivity index (χ1) is 9.95. The van der Waals surface area contributed by atoms with Crippen molar-refractivity contribution in [3.8, 4) is 0 Å². The minimum Gasteiger partial charge on any atom is -0.378 e. The molecular formula is C14H20N2O4S. The number of hydrogen-bond donors (Lipinski definition) is 1. The predicted molar refractivity (Wildman–Crippen MR) is 79.5 cm³/mol. The fourth-order valence-electron chi connectivity index (χ4n) is 2.19. The summed E-state index contributed by atoms with van der Waals surface area (Å²) in [7, 11) is -3.57. The van der Waals surface area contributed by atoms with Gasteiger partial charge in [-0.1, -0.05) is 13.0 Å². The van der Waals surface area contributed by atoms with Gasteiger partial charge in [0.25, 0.3) is 0 Å². The lowest BCUT2D eigenvalue weighted by Gasteiger charge is -2.32. The largest absolute Gasteiger partial charge is 0.378 e. The van der Waals surface area contributed by atoms with Crippen LogP contribution < -0.4 is 5.32 Å². The SMILES string of the molecule is CCC(=O)Nc1cccc(S(=O)(=O)N2CCOCC2C)c1. The molecule has 116 valence electrons. The topological polar surface area (TPSA) is 75.7 Å². The monoisotopic (exact) mass is 312 g/mol. The number of anilines is 1. The highest BCUT2D eigenvalue weighted by molar-refractivity contribution is 7.89. The Kier molecular flexibility index (Phi) is 4.97. The zero-order valence-electron chi connectivity index (χ0n) is 12.2. The number of rotatable bonds is 4. The van der Waals surface area contributed by atoms with E-state index in [9.17, 15) is 13.2 Å². The van der Waals surface area contributed by atoms with Gasteiger partial charge >= 0.3 is 0 Å². The highest BCUT2D eigenvalue weighted by Crippen LogP contribution is 2.23. The van der Waals surface area contributed by atoms with Crippen LogP contribution in [0.5, 0.6) is 0 Å². The van der Waals surface area contributed by atoms with Gasteiger partial charge in [0.1, 0.15) is 0 Å². The molecule has 21 heavy (non-hydrogen) atoms. The summed E-state index contributed by atoms with van der Waals surface area (Å²) in [6, 6.07) is 6.14. The fourth-order valence-corrected chi connectivity index (χ4v) is 3.83. The van der Waals surface area contributed by atoms with E-state index in [0.717, 1.165) is 0 Å². The minimum absolute atomic E-state index is 0.149. The number of benzene rings is 1. The van der Waals surface area contributed by atoms with E-state index in [4.69, 9.17) is 4.74 Å². The normalized spacial score (nSPS) is 20.2. The molecule has 0 aliphatic carbocycles. The lowest BCUT2D eigenvalue weighted by atomic mass is 10.3. The van der Waals surface area contributed by atoms with Crippen LogP contribution in [-0.4, -0.2) is 44.4 Å². The van der Waals surface area contributed by atoms with E-state index in [0.29, 0.717) is 31.9 Å². The molecule has 0 radical (unpaired) electrons. The van der Waals surface area contributed by atoms with Crippen LogP contribution in [0.15, 0.2) is 29.2 Å². The van der Waals surface area contributed by atoms with Gasteiger partial charge in [-0.15, -0.1) is 0 Å². The molecule has 1 amide bonds. The first kappa shape index (κ1) is 15.9. The van der Waals surface area contributed by atoms with Crippen molar-refractivity contribution in [3.05, 3.63) is 24.3 Å². The number of carbonyl (C=O) groups is 1. The second-order valence-corrected chi connectivity index (χ2v) is 6.86. The summed E-state index contributed by atoms with van der Waals surface area (Å²) in [5.41, 5.74) is 0.490. The molecule has 1 aliphatic rings. The van der Waals surface area contributed by atoms with Gasteiger partial charge in [-0.05, 0) is 25.1 Å². The molecule has 1 aromatic carbocycles. The lowest BCUT2D eigenvalue weighted by Crippen LogP contribution is -2.46. The van der Waals surface area contributed by atoms with Gasteiger partial charge in [-0.25, -0.2) is 8.42 Å². The lowest BCUT2D eigenvalue weighted by molar-refractivity contribution is -0.115. The summed E-state index contributed by atoms with van der Waals surface area (Å²) < 4.78 is 32.0. The second-order valence-electron chi connectivity index (χ2n) is 4.97. The van der Waals surface area contributed by atoms with Crippen molar-refractivity contribution in [1.82, 2.24) is 4.31 Å². The molecule has 1 aliphatic heterocycles. The average Bonchev–Trinajstić information content (AvgIpc) is 2.47. The molecule has 1 heterocycles. The van der Waals surface area contributed by atoms with Crippen LogP contribution in [0.1, 0.15) is 20.3 Å². The molecule has 6 nitrogen and oxygen atoms in total. The van der Waals surface area contributed by atoms with Crippen LogP contribution in [0, 0.1) is 0 Å². The van der Waals surface area contributed by atoms with Crippen LogP contribution in [0.4, 0.5) is 5.69 Å². The Bertz CT molecular complexity index is 615. The molecular weight excluding hydrogens is 292 g/mol. The van der Waals surface area contributed by atoms with Crippen molar-refractivity contribution < 1.29 is 17.9 Å². The molecule has 2 rings (SSSR count). The van der Waals surface area contributed by atoms with Gasteiger partial charge < -0.3 is 10.1 Å². The molecule has 1 saturated heterocycles. The Hall–Kier alpha value is -1.44. The van der Waals surface area contributed by atoms with Crippen molar-refractivity contribution in [3.63, 3.8) is 0 Å². The summed E-state index contributed by atoms with van der Waals surface area (Å²) in [5, 5.41) is 2.67. The number of amides is 1. The molecule has 1 fully saturated rings. The average molecular weight is 312 g/mol. The predicted octanol–water partition coefficient (Wildman–Crippen LogP) is 1.44. The zero-order valence-corrected chi connectivity index (χ0v) is 13.0. The van der Waals surface area contributed by atoms with Gasteiger partial charge in [0.05, 0.1) is 18.1 Å². The maximum atomic E-state index is 12.7. The van der Waals surface area contributed by atoms with E-state index in [1.165, 1.54) is 10.4 Å². The Morgan fingerprint density at radius 3 is 2.90 bits per heavy atom. The smallest absolute Gasteiger partial charge is 0.243 e. The number of ether oxygens (including phenoxy) is 1. The number of carbonyl (C=O) groups excluding carboxylic acids is 1. The zero-order chi connectivity index (χ0) is 15.5. The van der Waals surface area contributed by atoms with E-state index in [1.54, 1.807) is 25.1 Å². The number of nitrogens with one attached hydrogen (secondary N) is 1. The third-order valence-electron chi connectivity index (χ3n) is 3.35. The first-order valence-electron chi connectivity index (χ1n) is 6.94.